The largest absolute Gasteiger partial charge is 0.284 e. The number of benzene rings is 2. The Kier molecular flexibility index (Phi) is 5.44. The number of nitrogens with zero attached hydrogens (tertiary/aromatic N) is 2. The zero-order valence-corrected chi connectivity index (χ0v) is 18.2. The summed E-state index contributed by atoms with van der Waals surface area (Å²) in [6.45, 7) is 2.02. The van der Waals surface area contributed by atoms with Crippen molar-refractivity contribution in [3.05, 3.63) is 87.6 Å². The van der Waals surface area contributed by atoms with E-state index in [1.54, 1.807) is 29.3 Å². The number of hydrogen-bond acceptors (Lipinski definition) is 5. The van der Waals surface area contributed by atoms with E-state index in [9.17, 15) is 13.2 Å². The predicted molar refractivity (Wildman–Crippen MR) is 120 cm³/mol. The number of rotatable bonds is 5. The van der Waals surface area contributed by atoms with Crippen LogP contribution in [0.4, 0.5) is 5.69 Å². The number of amides is 1. The lowest BCUT2D eigenvalue weighted by molar-refractivity contribution is 0.0716. The van der Waals surface area contributed by atoms with E-state index in [4.69, 9.17) is 0 Å². The normalized spacial score (nSPS) is 16.4. The van der Waals surface area contributed by atoms with Crippen LogP contribution >= 0.6 is 11.3 Å². The summed E-state index contributed by atoms with van der Waals surface area (Å²) in [5, 5.41) is 8.09. The first kappa shape index (κ1) is 20.3. The van der Waals surface area contributed by atoms with E-state index in [0.29, 0.717) is 17.0 Å². The van der Waals surface area contributed by atoms with Crippen molar-refractivity contribution in [1.29, 1.82) is 0 Å². The van der Waals surface area contributed by atoms with Gasteiger partial charge in [-0.15, -0.1) is 11.3 Å². The maximum atomic E-state index is 13.1. The first-order valence-corrected chi connectivity index (χ1v) is 12.2. The molecule has 1 atom stereocenters. The van der Waals surface area contributed by atoms with Crippen LogP contribution in [0.2, 0.25) is 0 Å². The van der Waals surface area contributed by atoms with Crippen LogP contribution in [-0.2, 0) is 10.0 Å². The highest BCUT2D eigenvalue weighted by Gasteiger charge is 2.34. The van der Waals surface area contributed by atoms with Gasteiger partial charge in [0.2, 0.25) is 10.0 Å². The third kappa shape index (κ3) is 4.44. The Morgan fingerprint density at radius 1 is 1.13 bits per heavy atom. The molecule has 0 saturated heterocycles. The van der Waals surface area contributed by atoms with Crippen LogP contribution in [0.15, 0.2) is 71.1 Å². The van der Waals surface area contributed by atoms with E-state index in [-0.39, 0.29) is 11.9 Å². The molecule has 3 aromatic rings. The number of nitrogens with one attached hydrogen (secondary N) is 1. The number of carbonyl (C=O) groups is 1. The van der Waals surface area contributed by atoms with Crippen molar-refractivity contribution in [3.8, 4) is 0 Å². The van der Waals surface area contributed by atoms with E-state index in [1.165, 1.54) is 11.3 Å². The van der Waals surface area contributed by atoms with E-state index in [0.717, 1.165) is 28.7 Å². The number of sulfonamides is 1. The van der Waals surface area contributed by atoms with Gasteiger partial charge in [0.1, 0.15) is 0 Å². The molecule has 1 aliphatic rings. The quantitative estimate of drug-likeness (QED) is 0.639. The number of thiophene rings is 1. The van der Waals surface area contributed by atoms with Crippen LogP contribution in [0.5, 0.6) is 0 Å². The van der Waals surface area contributed by atoms with Gasteiger partial charge >= 0.3 is 0 Å². The van der Waals surface area contributed by atoms with Gasteiger partial charge in [-0.05, 0) is 41.6 Å². The molecule has 1 amide bonds. The average molecular weight is 440 g/mol. The molecule has 0 radical (unpaired) electrons. The van der Waals surface area contributed by atoms with E-state index in [2.05, 4.69) is 15.9 Å². The lowest BCUT2D eigenvalue weighted by Crippen LogP contribution is -2.26. The number of anilines is 1. The maximum absolute atomic E-state index is 13.1. The van der Waals surface area contributed by atoms with Gasteiger partial charge in [-0.3, -0.25) is 9.52 Å². The van der Waals surface area contributed by atoms with Crippen LogP contribution < -0.4 is 4.72 Å². The Balaban J connectivity index is 1.72. The van der Waals surface area contributed by atoms with Gasteiger partial charge in [0.15, 0.2) is 0 Å². The van der Waals surface area contributed by atoms with Crippen LogP contribution in [0.3, 0.4) is 0 Å². The molecule has 2 aromatic carbocycles. The molecule has 6 nitrogen and oxygen atoms in total. The van der Waals surface area contributed by atoms with E-state index >= 15 is 0 Å². The van der Waals surface area contributed by atoms with E-state index in [1.807, 2.05) is 42.6 Å². The molecule has 1 N–H and O–H groups in total. The van der Waals surface area contributed by atoms with E-state index < -0.39 is 10.0 Å². The zero-order valence-electron chi connectivity index (χ0n) is 16.6. The van der Waals surface area contributed by atoms with Gasteiger partial charge < -0.3 is 0 Å². The molecule has 154 valence electrons. The summed E-state index contributed by atoms with van der Waals surface area (Å²) in [7, 11) is -3.38. The Morgan fingerprint density at radius 3 is 2.63 bits per heavy atom. The number of aryl methyl sites for hydroxylation is 1. The van der Waals surface area contributed by atoms with Crippen molar-refractivity contribution in [2.45, 2.75) is 19.4 Å². The monoisotopic (exact) mass is 439 g/mol. The van der Waals surface area contributed by atoms with Gasteiger partial charge in [-0.2, -0.15) is 5.10 Å². The second kappa shape index (κ2) is 8.04. The van der Waals surface area contributed by atoms with Crippen LogP contribution in [-0.4, -0.2) is 31.3 Å². The summed E-state index contributed by atoms with van der Waals surface area (Å²) in [5.74, 6) is -0.142. The molecule has 0 spiro atoms. The predicted octanol–water partition coefficient (Wildman–Crippen LogP) is 4.42. The van der Waals surface area contributed by atoms with Crippen molar-refractivity contribution in [1.82, 2.24) is 5.01 Å². The Hall–Kier alpha value is -2.97. The Labute approximate surface area is 179 Å². The fraction of sp³-hybridized carbons (Fsp3) is 0.182. The molecule has 0 aliphatic carbocycles. The molecule has 8 heteroatoms. The fourth-order valence-corrected chi connectivity index (χ4v) is 4.71. The minimum atomic E-state index is -3.38. The highest BCUT2D eigenvalue weighted by Crippen LogP contribution is 2.35. The van der Waals surface area contributed by atoms with Crippen molar-refractivity contribution in [2.75, 3.05) is 11.0 Å². The summed E-state index contributed by atoms with van der Waals surface area (Å²) >= 11 is 1.39. The Bertz CT molecular complexity index is 1220. The van der Waals surface area contributed by atoms with Crippen molar-refractivity contribution < 1.29 is 13.2 Å². The molecule has 1 aliphatic heterocycles. The minimum Gasteiger partial charge on any atom is -0.284 e. The topological polar surface area (TPSA) is 78.8 Å². The summed E-state index contributed by atoms with van der Waals surface area (Å²) < 4.78 is 25.7. The lowest BCUT2D eigenvalue weighted by Gasteiger charge is -2.21. The molecular formula is C22H21N3O3S2. The van der Waals surface area contributed by atoms with Gasteiger partial charge in [0, 0.05) is 12.1 Å². The minimum absolute atomic E-state index is 0.142. The number of hydrazone groups is 1. The molecule has 2 heterocycles. The molecule has 0 unspecified atom stereocenters. The van der Waals surface area contributed by atoms with Gasteiger partial charge in [0.05, 0.1) is 22.9 Å². The summed E-state index contributed by atoms with van der Waals surface area (Å²) in [6, 6.07) is 18.6. The zero-order chi connectivity index (χ0) is 21.3. The number of carbonyl (C=O) groups excluding carboxylic acids is 1. The van der Waals surface area contributed by atoms with Crippen molar-refractivity contribution >= 4 is 38.7 Å². The molecular weight excluding hydrogens is 418 g/mol. The molecule has 0 saturated carbocycles. The summed E-state index contributed by atoms with van der Waals surface area (Å²) in [4.78, 5) is 13.8. The molecule has 0 bridgehead atoms. The molecule has 4 rings (SSSR count). The third-order valence-corrected chi connectivity index (χ3v) is 6.24. The smallest absolute Gasteiger partial charge is 0.284 e. The Morgan fingerprint density at radius 2 is 1.93 bits per heavy atom. The van der Waals surface area contributed by atoms with Crippen molar-refractivity contribution in [3.63, 3.8) is 0 Å². The lowest BCUT2D eigenvalue weighted by atomic mass is 9.97. The molecule has 0 fully saturated rings. The molecule has 1 aromatic heterocycles. The van der Waals surface area contributed by atoms with Crippen molar-refractivity contribution in [2.24, 2.45) is 5.10 Å². The second-order valence-corrected chi connectivity index (χ2v) is 9.96. The summed E-state index contributed by atoms with van der Waals surface area (Å²) in [6.07, 6.45) is 1.66. The fourth-order valence-electron chi connectivity index (χ4n) is 3.50. The van der Waals surface area contributed by atoms with Crippen LogP contribution in [0.25, 0.3) is 0 Å². The van der Waals surface area contributed by atoms with Crippen LogP contribution in [0.1, 0.15) is 38.8 Å². The second-order valence-electron chi connectivity index (χ2n) is 7.26. The maximum Gasteiger partial charge on any atom is 0.284 e. The molecule has 30 heavy (non-hydrogen) atoms. The highest BCUT2D eigenvalue weighted by atomic mass is 32.2. The van der Waals surface area contributed by atoms with Gasteiger partial charge in [0.25, 0.3) is 5.91 Å². The van der Waals surface area contributed by atoms with Gasteiger partial charge in [-0.1, -0.05) is 48.0 Å². The first-order valence-electron chi connectivity index (χ1n) is 9.39. The SMILES string of the molecule is Cc1cccc([C@@H]2CC(c3cccc(NS(C)(=O)=O)c3)=NN2C(=O)c2cccs2)c1. The third-order valence-electron chi connectivity index (χ3n) is 4.78. The number of hydrogen-bond donors (Lipinski definition) is 1. The summed E-state index contributed by atoms with van der Waals surface area (Å²) in [5.41, 5.74) is 4.12. The highest BCUT2D eigenvalue weighted by molar-refractivity contribution is 7.92. The average Bonchev–Trinajstić information content (AvgIpc) is 3.37. The van der Waals surface area contributed by atoms with Crippen LogP contribution in [0, 0.1) is 6.92 Å². The van der Waals surface area contributed by atoms with Gasteiger partial charge in [-0.25, -0.2) is 13.4 Å². The standard InChI is InChI=1S/C22H21N3O3S2/c1-15-6-3-8-17(12-15)20-14-19(23-25(20)22(26)21-10-5-11-29-21)16-7-4-9-18(13-16)24-30(2,27)28/h3-13,20,24H,14H2,1-2H3/t20-/m0/s1. The first-order chi connectivity index (χ1) is 14.3.